The molecule has 0 amide bonds. The summed E-state index contributed by atoms with van der Waals surface area (Å²) in [6.45, 7) is 0. The fourth-order valence-corrected chi connectivity index (χ4v) is 2.27. The molecule has 0 fully saturated rings. The molecule has 0 unspecified atom stereocenters. The monoisotopic (exact) mass is 281 g/mol. The molecule has 3 nitrogen and oxygen atoms in total. The summed E-state index contributed by atoms with van der Waals surface area (Å²) in [6, 6.07) is 7.08. The van der Waals surface area contributed by atoms with Crippen LogP contribution in [-0.2, 0) is 0 Å². The Morgan fingerprint density at radius 3 is 1.72 bits per heavy atom. The largest absolute Gasteiger partial charge is 0.296 e. The predicted molar refractivity (Wildman–Crippen MR) is 74.0 cm³/mol. The first-order chi connectivity index (χ1) is 8.61. The van der Waals surface area contributed by atoms with E-state index in [-0.39, 0.29) is 6.04 Å². The van der Waals surface area contributed by atoms with Gasteiger partial charge in [-0.1, -0.05) is 23.2 Å². The summed E-state index contributed by atoms with van der Waals surface area (Å²) < 4.78 is 0. The standard InChI is InChI=1S/C13H13Cl2N3/c1-18(2)13(11-9(14)5-3-7-16-11)12-10(15)6-4-8-17-12/h3-8,13H,1-2H3. The lowest BCUT2D eigenvalue weighted by atomic mass is 10.1. The molecule has 18 heavy (non-hydrogen) atoms. The van der Waals surface area contributed by atoms with E-state index in [4.69, 9.17) is 23.2 Å². The maximum Gasteiger partial charge on any atom is 0.0975 e. The molecule has 0 radical (unpaired) electrons. The summed E-state index contributed by atoms with van der Waals surface area (Å²) in [6.07, 6.45) is 3.43. The molecule has 0 aromatic carbocycles. The van der Waals surface area contributed by atoms with Gasteiger partial charge in [0.1, 0.15) is 0 Å². The topological polar surface area (TPSA) is 29.0 Å². The Labute approximate surface area is 116 Å². The summed E-state index contributed by atoms with van der Waals surface area (Å²) in [5.74, 6) is 0. The number of rotatable bonds is 3. The summed E-state index contributed by atoms with van der Waals surface area (Å²) in [4.78, 5) is 10.7. The Kier molecular flexibility index (Phi) is 4.17. The Morgan fingerprint density at radius 1 is 0.944 bits per heavy atom. The van der Waals surface area contributed by atoms with Gasteiger partial charge < -0.3 is 0 Å². The quantitative estimate of drug-likeness (QED) is 0.863. The van der Waals surface area contributed by atoms with Gasteiger partial charge in [-0.25, -0.2) is 0 Å². The second-order valence-corrected chi connectivity index (χ2v) is 4.92. The molecule has 0 bridgehead atoms. The van der Waals surface area contributed by atoms with E-state index in [1.54, 1.807) is 24.5 Å². The molecule has 2 aromatic rings. The second kappa shape index (κ2) is 5.65. The first kappa shape index (κ1) is 13.3. The fourth-order valence-electron chi connectivity index (χ4n) is 1.82. The molecular formula is C13H13Cl2N3. The van der Waals surface area contributed by atoms with Gasteiger partial charge in [-0.2, -0.15) is 0 Å². The highest BCUT2D eigenvalue weighted by atomic mass is 35.5. The maximum atomic E-state index is 6.21. The van der Waals surface area contributed by atoms with Crippen molar-refractivity contribution in [2.75, 3.05) is 14.1 Å². The normalized spacial score (nSPS) is 11.2. The van der Waals surface area contributed by atoms with Crippen LogP contribution in [0.25, 0.3) is 0 Å². The van der Waals surface area contributed by atoms with Crippen molar-refractivity contribution in [1.29, 1.82) is 0 Å². The minimum absolute atomic E-state index is 0.160. The van der Waals surface area contributed by atoms with Crippen LogP contribution in [0.15, 0.2) is 36.7 Å². The van der Waals surface area contributed by atoms with E-state index in [1.807, 2.05) is 31.1 Å². The Balaban J connectivity index is 2.55. The summed E-state index contributed by atoms with van der Waals surface area (Å²) >= 11 is 12.4. The lowest BCUT2D eigenvalue weighted by molar-refractivity contribution is 0.331. The fraction of sp³-hybridized carbons (Fsp3) is 0.231. The van der Waals surface area contributed by atoms with Crippen LogP contribution in [0.5, 0.6) is 0 Å². The zero-order valence-electron chi connectivity index (χ0n) is 10.1. The number of hydrogen-bond acceptors (Lipinski definition) is 3. The van der Waals surface area contributed by atoms with E-state index < -0.39 is 0 Å². The Hall–Kier alpha value is -1.16. The van der Waals surface area contributed by atoms with Crippen molar-refractivity contribution >= 4 is 23.2 Å². The van der Waals surface area contributed by atoms with Crippen LogP contribution in [0.2, 0.25) is 10.0 Å². The SMILES string of the molecule is CN(C)C(c1ncccc1Cl)c1ncccc1Cl. The highest BCUT2D eigenvalue weighted by molar-refractivity contribution is 6.32. The zero-order chi connectivity index (χ0) is 13.1. The van der Waals surface area contributed by atoms with E-state index in [2.05, 4.69) is 9.97 Å². The van der Waals surface area contributed by atoms with Gasteiger partial charge in [-0.3, -0.25) is 14.9 Å². The van der Waals surface area contributed by atoms with Crippen molar-refractivity contribution in [1.82, 2.24) is 14.9 Å². The van der Waals surface area contributed by atoms with Gasteiger partial charge in [0.15, 0.2) is 0 Å². The van der Waals surface area contributed by atoms with E-state index in [9.17, 15) is 0 Å². The molecule has 0 saturated carbocycles. The van der Waals surface area contributed by atoms with Gasteiger partial charge in [0.05, 0.1) is 27.5 Å². The highest BCUT2D eigenvalue weighted by Gasteiger charge is 2.23. The van der Waals surface area contributed by atoms with Gasteiger partial charge in [0.2, 0.25) is 0 Å². The molecule has 0 aliphatic rings. The predicted octanol–water partition coefficient (Wildman–Crippen LogP) is 3.43. The molecule has 2 heterocycles. The molecule has 0 aliphatic heterocycles. The van der Waals surface area contributed by atoms with Crippen molar-refractivity contribution in [2.24, 2.45) is 0 Å². The molecule has 94 valence electrons. The van der Waals surface area contributed by atoms with Gasteiger partial charge in [-0.15, -0.1) is 0 Å². The molecule has 2 aromatic heterocycles. The van der Waals surface area contributed by atoms with Gasteiger partial charge >= 0.3 is 0 Å². The van der Waals surface area contributed by atoms with Crippen LogP contribution < -0.4 is 0 Å². The van der Waals surface area contributed by atoms with Crippen LogP contribution in [0, 0.1) is 0 Å². The minimum atomic E-state index is -0.160. The van der Waals surface area contributed by atoms with E-state index in [1.165, 1.54) is 0 Å². The highest BCUT2D eigenvalue weighted by Crippen LogP contribution is 2.32. The second-order valence-electron chi connectivity index (χ2n) is 4.11. The number of nitrogens with zero attached hydrogens (tertiary/aromatic N) is 3. The Morgan fingerprint density at radius 2 is 1.39 bits per heavy atom. The Bertz CT molecular complexity index is 498. The minimum Gasteiger partial charge on any atom is -0.296 e. The molecule has 2 rings (SSSR count). The zero-order valence-corrected chi connectivity index (χ0v) is 11.7. The summed E-state index contributed by atoms with van der Waals surface area (Å²) in [7, 11) is 3.89. The molecule has 5 heteroatoms. The van der Waals surface area contributed by atoms with Crippen LogP contribution >= 0.6 is 23.2 Å². The average Bonchev–Trinajstić information content (AvgIpc) is 2.34. The number of aromatic nitrogens is 2. The third-order valence-corrected chi connectivity index (χ3v) is 3.25. The van der Waals surface area contributed by atoms with Crippen molar-refractivity contribution in [3.05, 3.63) is 58.1 Å². The van der Waals surface area contributed by atoms with Crippen molar-refractivity contribution in [3.8, 4) is 0 Å². The van der Waals surface area contributed by atoms with Crippen LogP contribution in [0.1, 0.15) is 17.4 Å². The number of pyridine rings is 2. The summed E-state index contributed by atoms with van der Waals surface area (Å²) in [5, 5.41) is 1.22. The molecule has 0 spiro atoms. The van der Waals surface area contributed by atoms with Crippen LogP contribution in [-0.4, -0.2) is 29.0 Å². The van der Waals surface area contributed by atoms with E-state index in [0.29, 0.717) is 10.0 Å². The van der Waals surface area contributed by atoms with Crippen LogP contribution in [0.3, 0.4) is 0 Å². The first-order valence-electron chi connectivity index (χ1n) is 5.48. The molecular weight excluding hydrogens is 269 g/mol. The first-order valence-corrected chi connectivity index (χ1v) is 6.24. The maximum absolute atomic E-state index is 6.21. The van der Waals surface area contributed by atoms with Crippen LogP contribution in [0.4, 0.5) is 0 Å². The lowest BCUT2D eigenvalue weighted by Gasteiger charge is -2.24. The molecule has 0 atom stereocenters. The van der Waals surface area contributed by atoms with Gasteiger partial charge in [-0.05, 0) is 38.4 Å². The van der Waals surface area contributed by atoms with E-state index >= 15 is 0 Å². The third-order valence-electron chi connectivity index (χ3n) is 2.61. The molecule has 0 N–H and O–H groups in total. The smallest absolute Gasteiger partial charge is 0.0975 e. The van der Waals surface area contributed by atoms with Crippen molar-refractivity contribution < 1.29 is 0 Å². The lowest BCUT2D eigenvalue weighted by Crippen LogP contribution is -2.23. The van der Waals surface area contributed by atoms with Crippen molar-refractivity contribution in [2.45, 2.75) is 6.04 Å². The third kappa shape index (κ3) is 2.64. The molecule has 0 aliphatic carbocycles. The van der Waals surface area contributed by atoms with Gasteiger partial charge in [0, 0.05) is 12.4 Å². The van der Waals surface area contributed by atoms with Gasteiger partial charge in [0.25, 0.3) is 0 Å². The molecule has 0 saturated heterocycles. The van der Waals surface area contributed by atoms with E-state index in [0.717, 1.165) is 11.4 Å². The number of halogens is 2. The average molecular weight is 282 g/mol. The van der Waals surface area contributed by atoms with Crippen molar-refractivity contribution in [3.63, 3.8) is 0 Å². The summed E-state index contributed by atoms with van der Waals surface area (Å²) in [5.41, 5.74) is 1.51. The number of hydrogen-bond donors (Lipinski definition) is 0.